The number of rotatable bonds is 4. The molecular formula is C7H16S. The van der Waals surface area contributed by atoms with E-state index in [-0.39, 0.29) is 0 Å². The minimum atomic E-state index is 0.480. The molecule has 0 aromatic rings. The van der Waals surface area contributed by atoms with E-state index in [0.717, 1.165) is 0 Å². The topological polar surface area (TPSA) is 0 Å². The van der Waals surface area contributed by atoms with Crippen molar-refractivity contribution in [2.45, 2.75) is 26.7 Å². The lowest BCUT2D eigenvalue weighted by Gasteiger charge is -2.00. The van der Waals surface area contributed by atoms with Crippen molar-refractivity contribution in [1.29, 1.82) is 0 Å². The van der Waals surface area contributed by atoms with E-state index in [2.05, 4.69) is 19.7 Å². The van der Waals surface area contributed by atoms with Crippen LogP contribution in [0.4, 0.5) is 0 Å². The first-order valence-corrected chi connectivity index (χ1v) is 5.01. The summed E-state index contributed by atoms with van der Waals surface area (Å²) >= 11 is 0. The second-order valence-electron chi connectivity index (χ2n) is 2.02. The zero-order valence-electron chi connectivity index (χ0n) is 5.94. The Balaban J connectivity index is 3.06. The summed E-state index contributed by atoms with van der Waals surface area (Å²) < 4.78 is 0. The molecule has 0 aromatic heterocycles. The van der Waals surface area contributed by atoms with Gasteiger partial charge in [-0.2, -0.15) is 10.5 Å². The molecule has 50 valence electrons. The van der Waals surface area contributed by atoms with Crippen molar-refractivity contribution in [2.75, 3.05) is 11.5 Å². The molecule has 0 fully saturated rings. The highest BCUT2D eigenvalue weighted by atomic mass is 32.2. The summed E-state index contributed by atoms with van der Waals surface area (Å²) in [6, 6.07) is 0. The summed E-state index contributed by atoms with van der Waals surface area (Å²) in [6.07, 6.45) is 2.60. The first-order valence-electron chi connectivity index (χ1n) is 3.28. The maximum absolute atomic E-state index is 4.05. The summed E-state index contributed by atoms with van der Waals surface area (Å²) in [7, 11) is 0.480. The molecule has 1 heteroatoms. The van der Waals surface area contributed by atoms with Gasteiger partial charge in [-0.3, -0.25) is 0 Å². The van der Waals surface area contributed by atoms with E-state index in [1.807, 2.05) is 0 Å². The molecule has 0 aliphatic heterocycles. The molecule has 0 amide bonds. The fraction of sp³-hybridized carbons (Fsp3) is 0.857. The Morgan fingerprint density at radius 3 is 1.75 bits per heavy atom. The van der Waals surface area contributed by atoms with E-state index >= 15 is 0 Å². The minimum Gasteiger partial charge on any atom is -0.193 e. The van der Waals surface area contributed by atoms with Gasteiger partial charge in [0, 0.05) is 0 Å². The van der Waals surface area contributed by atoms with Crippen molar-refractivity contribution < 1.29 is 0 Å². The highest BCUT2D eigenvalue weighted by molar-refractivity contribution is 8.14. The second kappa shape index (κ2) is 5.36. The largest absolute Gasteiger partial charge is 0.193 e. The fourth-order valence-corrected chi connectivity index (χ4v) is 2.04. The summed E-state index contributed by atoms with van der Waals surface area (Å²) in [5, 5.41) is 0. The van der Waals surface area contributed by atoms with Crippen LogP contribution in [0, 0.1) is 0 Å². The van der Waals surface area contributed by atoms with Gasteiger partial charge < -0.3 is 0 Å². The van der Waals surface area contributed by atoms with Crippen LogP contribution >= 0.6 is 10.5 Å². The van der Waals surface area contributed by atoms with E-state index in [9.17, 15) is 0 Å². The van der Waals surface area contributed by atoms with Gasteiger partial charge in [-0.1, -0.05) is 19.7 Å². The lowest BCUT2D eigenvalue weighted by molar-refractivity contribution is 1.07. The molecule has 0 heterocycles. The number of hydrogen-bond acceptors (Lipinski definition) is 0. The highest BCUT2D eigenvalue weighted by Gasteiger charge is 1.85. The average molecular weight is 132 g/mol. The van der Waals surface area contributed by atoms with Gasteiger partial charge in [0.1, 0.15) is 0 Å². The predicted molar refractivity (Wildman–Crippen MR) is 45.0 cm³/mol. The Kier molecular flexibility index (Phi) is 5.51. The van der Waals surface area contributed by atoms with Gasteiger partial charge in [0.05, 0.1) is 0 Å². The van der Waals surface area contributed by atoms with Gasteiger partial charge in [-0.15, -0.1) is 0 Å². The first kappa shape index (κ1) is 8.22. The van der Waals surface area contributed by atoms with Crippen LogP contribution in [0.3, 0.4) is 0 Å². The Labute approximate surface area is 55.2 Å². The Morgan fingerprint density at radius 1 is 1.12 bits per heavy atom. The molecule has 0 spiro atoms. The molecule has 8 heavy (non-hydrogen) atoms. The molecular weight excluding hydrogens is 116 g/mol. The van der Waals surface area contributed by atoms with Crippen LogP contribution in [0.5, 0.6) is 0 Å². The molecule has 0 saturated heterocycles. The monoisotopic (exact) mass is 132 g/mol. The van der Waals surface area contributed by atoms with Gasteiger partial charge in [-0.05, 0) is 24.3 Å². The summed E-state index contributed by atoms with van der Waals surface area (Å²) in [5.74, 6) is 6.70. The molecule has 0 unspecified atom stereocenters. The summed E-state index contributed by atoms with van der Waals surface area (Å²) in [6.45, 7) is 4.45. The van der Waals surface area contributed by atoms with Crippen molar-refractivity contribution in [3.63, 3.8) is 0 Å². The Morgan fingerprint density at radius 2 is 1.50 bits per heavy atom. The summed E-state index contributed by atoms with van der Waals surface area (Å²) in [5.41, 5.74) is 0. The quantitative estimate of drug-likeness (QED) is 0.516. The lowest BCUT2D eigenvalue weighted by atomic mass is 10.6. The highest BCUT2D eigenvalue weighted by Crippen LogP contribution is 2.10. The molecule has 0 bridgehead atoms. The van der Waals surface area contributed by atoms with Crippen LogP contribution in [0.15, 0.2) is 0 Å². The third kappa shape index (κ3) is 4.38. The first-order chi connectivity index (χ1) is 3.81. The predicted octanol–water partition coefficient (Wildman–Crippen LogP) is 2.51. The van der Waals surface area contributed by atoms with Crippen LogP contribution in [0.2, 0.25) is 0 Å². The SMILES string of the molecule is C=S(CCC)CCC. The van der Waals surface area contributed by atoms with Crippen LogP contribution in [0.1, 0.15) is 26.7 Å². The van der Waals surface area contributed by atoms with E-state index < -0.39 is 0 Å². The van der Waals surface area contributed by atoms with E-state index in [4.69, 9.17) is 0 Å². The third-order valence-corrected chi connectivity index (χ3v) is 2.96. The molecule has 0 radical (unpaired) electrons. The van der Waals surface area contributed by atoms with Gasteiger partial charge >= 0.3 is 0 Å². The zero-order chi connectivity index (χ0) is 6.41. The maximum atomic E-state index is 4.05. The number of hydrogen-bond donors (Lipinski definition) is 0. The fourth-order valence-electron chi connectivity index (χ4n) is 0.679. The maximum Gasteiger partial charge on any atom is -0.0125 e. The zero-order valence-corrected chi connectivity index (χ0v) is 6.76. The molecule has 0 N–H and O–H groups in total. The van der Waals surface area contributed by atoms with Crippen molar-refractivity contribution in [2.24, 2.45) is 0 Å². The van der Waals surface area contributed by atoms with Crippen molar-refractivity contribution in [1.82, 2.24) is 0 Å². The van der Waals surface area contributed by atoms with E-state index in [0.29, 0.717) is 10.5 Å². The summed E-state index contributed by atoms with van der Waals surface area (Å²) in [4.78, 5) is 0. The van der Waals surface area contributed by atoms with Crippen molar-refractivity contribution >= 4 is 16.4 Å². The Hall–Kier alpha value is 0.220. The van der Waals surface area contributed by atoms with Crippen molar-refractivity contribution in [3.8, 4) is 0 Å². The van der Waals surface area contributed by atoms with Gasteiger partial charge in [0.2, 0.25) is 0 Å². The third-order valence-electron chi connectivity index (χ3n) is 0.986. The van der Waals surface area contributed by atoms with Crippen LogP contribution in [0.25, 0.3) is 0 Å². The molecule has 0 nitrogen and oxygen atoms in total. The van der Waals surface area contributed by atoms with Gasteiger partial charge in [0.25, 0.3) is 0 Å². The van der Waals surface area contributed by atoms with Gasteiger partial charge in [0.15, 0.2) is 0 Å². The molecule has 0 atom stereocenters. The van der Waals surface area contributed by atoms with Gasteiger partial charge in [-0.25, -0.2) is 0 Å². The van der Waals surface area contributed by atoms with Crippen LogP contribution in [-0.2, 0) is 0 Å². The standard InChI is InChI=1S/C7H16S/c1-4-6-8(3)7-5-2/h3-7H2,1-2H3. The molecule has 0 rings (SSSR count). The van der Waals surface area contributed by atoms with Crippen LogP contribution < -0.4 is 0 Å². The Bertz CT molecular complexity index is 58.8. The van der Waals surface area contributed by atoms with Crippen molar-refractivity contribution in [3.05, 3.63) is 0 Å². The molecule has 0 aliphatic carbocycles. The minimum absolute atomic E-state index is 0.480. The molecule has 0 saturated carbocycles. The lowest BCUT2D eigenvalue weighted by Crippen LogP contribution is -1.82. The van der Waals surface area contributed by atoms with E-state index in [1.54, 1.807) is 0 Å². The smallest absolute Gasteiger partial charge is 0.0125 e. The normalized spacial score (nSPS) is 10.4. The van der Waals surface area contributed by atoms with Crippen LogP contribution in [-0.4, -0.2) is 17.4 Å². The second-order valence-corrected chi connectivity index (χ2v) is 4.06. The van der Waals surface area contributed by atoms with E-state index in [1.165, 1.54) is 24.3 Å². The molecule has 0 aromatic carbocycles. The molecule has 0 aliphatic rings. The average Bonchev–Trinajstić information content (AvgIpc) is 1.68.